The van der Waals surface area contributed by atoms with Crippen LogP contribution >= 0.6 is 0 Å². The summed E-state index contributed by atoms with van der Waals surface area (Å²) in [6.45, 7) is 5.25. The van der Waals surface area contributed by atoms with Gasteiger partial charge in [-0.1, -0.05) is 6.07 Å². The first-order valence-electron chi connectivity index (χ1n) is 7.77. The van der Waals surface area contributed by atoms with Crippen molar-refractivity contribution in [2.45, 2.75) is 26.3 Å². The average Bonchev–Trinajstić information content (AvgIpc) is 2.77. The van der Waals surface area contributed by atoms with Crippen LogP contribution in [0.5, 0.6) is 17.4 Å². The number of amides is 3. The van der Waals surface area contributed by atoms with Crippen molar-refractivity contribution in [2.24, 2.45) is 0 Å². The molecule has 1 aliphatic heterocycles. The Morgan fingerprint density at radius 1 is 1.16 bits per heavy atom. The lowest BCUT2D eigenvalue weighted by atomic mass is 10.1. The molecule has 7 nitrogen and oxygen atoms in total. The van der Waals surface area contributed by atoms with E-state index in [0.717, 1.165) is 10.5 Å². The number of hydrogen-bond donors (Lipinski definition) is 1. The number of methoxy groups -OCH3 is 1. The number of aromatic nitrogens is 1. The Morgan fingerprint density at radius 3 is 2.56 bits per heavy atom. The van der Waals surface area contributed by atoms with E-state index in [1.54, 1.807) is 45.2 Å². The second-order valence-corrected chi connectivity index (χ2v) is 6.28. The Kier molecular flexibility index (Phi) is 4.08. The predicted molar refractivity (Wildman–Crippen MR) is 92.1 cm³/mol. The summed E-state index contributed by atoms with van der Waals surface area (Å²) in [7, 11) is 1.59. The molecule has 25 heavy (non-hydrogen) atoms. The van der Waals surface area contributed by atoms with Gasteiger partial charge in [0.1, 0.15) is 17.0 Å². The number of ether oxygens (including phenoxy) is 2. The molecule has 1 N–H and O–H groups in total. The van der Waals surface area contributed by atoms with Crippen molar-refractivity contribution in [1.29, 1.82) is 0 Å². The minimum atomic E-state index is -0.939. The number of carbonyl (C=O) groups is 2. The van der Waals surface area contributed by atoms with E-state index < -0.39 is 11.6 Å². The topological polar surface area (TPSA) is 80.8 Å². The molecule has 3 amide bonds. The molecule has 130 valence electrons. The minimum Gasteiger partial charge on any atom is -0.496 e. The molecule has 0 aliphatic carbocycles. The Balaban J connectivity index is 1.88. The molecule has 0 atom stereocenters. The van der Waals surface area contributed by atoms with Crippen molar-refractivity contribution >= 4 is 17.6 Å². The number of aryl methyl sites for hydroxylation is 1. The van der Waals surface area contributed by atoms with Crippen molar-refractivity contribution in [3.8, 4) is 17.4 Å². The highest BCUT2D eigenvalue weighted by molar-refractivity contribution is 6.23. The summed E-state index contributed by atoms with van der Waals surface area (Å²) in [6.07, 6.45) is 1.49. The summed E-state index contributed by atoms with van der Waals surface area (Å²) in [5.41, 5.74) is 0.446. The maximum absolute atomic E-state index is 12.4. The SMILES string of the molecule is COc1cc(Oc2cc(N3C(=O)NC(C)(C)C3=O)ccn2)ccc1C. The molecule has 1 aromatic carbocycles. The summed E-state index contributed by atoms with van der Waals surface area (Å²) in [5, 5.41) is 2.64. The first kappa shape index (κ1) is 16.8. The van der Waals surface area contributed by atoms with Gasteiger partial charge in [-0.2, -0.15) is 0 Å². The van der Waals surface area contributed by atoms with E-state index in [4.69, 9.17) is 9.47 Å². The zero-order valence-electron chi connectivity index (χ0n) is 14.5. The van der Waals surface area contributed by atoms with Crippen LogP contribution in [0.2, 0.25) is 0 Å². The molecule has 1 fully saturated rings. The fourth-order valence-corrected chi connectivity index (χ4v) is 2.56. The smallest absolute Gasteiger partial charge is 0.329 e. The highest BCUT2D eigenvalue weighted by Crippen LogP contribution is 2.30. The number of imide groups is 1. The number of benzene rings is 1. The summed E-state index contributed by atoms with van der Waals surface area (Å²) in [4.78, 5) is 29.7. The lowest BCUT2D eigenvalue weighted by molar-refractivity contribution is -0.121. The van der Waals surface area contributed by atoms with Crippen LogP contribution in [0.25, 0.3) is 0 Å². The van der Waals surface area contributed by atoms with Gasteiger partial charge in [-0.25, -0.2) is 14.7 Å². The van der Waals surface area contributed by atoms with E-state index in [-0.39, 0.29) is 11.8 Å². The first-order valence-corrected chi connectivity index (χ1v) is 7.77. The zero-order valence-corrected chi connectivity index (χ0v) is 14.5. The van der Waals surface area contributed by atoms with Gasteiger partial charge in [-0.3, -0.25) is 4.79 Å². The monoisotopic (exact) mass is 341 g/mol. The molecule has 1 aliphatic rings. The molecule has 0 radical (unpaired) electrons. The number of nitrogens with zero attached hydrogens (tertiary/aromatic N) is 2. The standard InChI is InChI=1S/C18H19N3O4/c1-11-5-6-13(10-14(11)24-4)25-15-9-12(7-8-19-15)21-16(22)18(2,3)20-17(21)23/h5-10H,1-4H3,(H,20,23). The van der Waals surface area contributed by atoms with Crippen LogP contribution in [0.3, 0.4) is 0 Å². The maximum Gasteiger partial charge on any atom is 0.329 e. The van der Waals surface area contributed by atoms with Gasteiger partial charge in [0.05, 0.1) is 12.8 Å². The normalized spacial score (nSPS) is 15.9. The van der Waals surface area contributed by atoms with E-state index in [1.165, 1.54) is 6.20 Å². The molecule has 0 saturated carbocycles. The molecule has 7 heteroatoms. The van der Waals surface area contributed by atoms with Crippen LogP contribution in [-0.2, 0) is 4.79 Å². The van der Waals surface area contributed by atoms with Gasteiger partial charge in [0.2, 0.25) is 5.88 Å². The molecular weight excluding hydrogens is 322 g/mol. The van der Waals surface area contributed by atoms with Crippen molar-refractivity contribution in [3.05, 3.63) is 42.1 Å². The Bertz CT molecular complexity index is 848. The van der Waals surface area contributed by atoms with Gasteiger partial charge < -0.3 is 14.8 Å². The number of pyridine rings is 1. The lowest BCUT2D eigenvalue weighted by Crippen LogP contribution is -2.40. The van der Waals surface area contributed by atoms with Crippen LogP contribution in [0.15, 0.2) is 36.5 Å². The van der Waals surface area contributed by atoms with Gasteiger partial charge in [0.25, 0.3) is 5.91 Å². The number of nitrogens with one attached hydrogen (secondary N) is 1. The van der Waals surface area contributed by atoms with Gasteiger partial charge in [-0.15, -0.1) is 0 Å². The van der Waals surface area contributed by atoms with Crippen molar-refractivity contribution in [1.82, 2.24) is 10.3 Å². The molecule has 2 aromatic rings. The fraction of sp³-hybridized carbons (Fsp3) is 0.278. The summed E-state index contributed by atoms with van der Waals surface area (Å²) >= 11 is 0. The molecule has 0 bridgehead atoms. The molecule has 0 spiro atoms. The van der Waals surface area contributed by atoms with Crippen LogP contribution < -0.4 is 19.7 Å². The molecule has 1 aromatic heterocycles. The second kappa shape index (κ2) is 6.08. The minimum absolute atomic E-state index is 0.272. The Morgan fingerprint density at radius 2 is 1.92 bits per heavy atom. The van der Waals surface area contributed by atoms with Gasteiger partial charge in [-0.05, 0) is 38.5 Å². The largest absolute Gasteiger partial charge is 0.496 e. The molecular formula is C18H19N3O4. The summed E-state index contributed by atoms with van der Waals surface area (Å²) in [6, 6.07) is 8.08. The Labute approximate surface area is 145 Å². The van der Waals surface area contributed by atoms with Crippen molar-refractivity contribution < 1.29 is 19.1 Å². The second-order valence-electron chi connectivity index (χ2n) is 6.28. The van der Waals surface area contributed by atoms with Crippen molar-refractivity contribution in [3.63, 3.8) is 0 Å². The number of rotatable bonds is 4. The number of carbonyl (C=O) groups excluding carboxylic acids is 2. The third-order valence-electron chi connectivity index (χ3n) is 3.94. The molecule has 1 saturated heterocycles. The first-order chi connectivity index (χ1) is 11.8. The average molecular weight is 341 g/mol. The van der Waals surface area contributed by atoms with E-state index >= 15 is 0 Å². The number of urea groups is 1. The van der Waals surface area contributed by atoms with Gasteiger partial charge >= 0.3 is 6.03 Å². The molecule has 2 heterocycles. The summed E-state index contributed by atoms with van der Waals surface area (Å²) < 4.78 is 11.0. The van der Waals surface area contributed by atoms with E-state index in [2.05, 4.69) is 10.3 Å². The van der Waals surface area contributed by atoms with Crippen LogP contribution in [0.4, 0.5) is 10.5 Å². The van der Waals surface area contributed by atoms with Crippen LogP contribution in [-0.4, -0.2) is 29.6 Å². The highest BCUT2D eigenvalue weighted by atomic mass is 16.5. The third-order valence-corrected chi connectivity index (χ3v) is 3.94. The summed E-state index contributed by atoms with van der Waals surface area (Å²) in [5.74, 6) is 1.19. The van der Waals surface area contributed by atoms with Crippen LogP contribution in [0, 0.1) is 6.92 Å². The number of hydrogen-bond acceptors (Lipinski definition) is 5. The molecule has 3 rings (SSSR count). The Hall–Kier alpha value is -3.09. The third kappa shape index (κ3) is 3.13. The lowest BCUT2D eigenvalue weighted by Gasteiger charge is -2.16. The van der Waals surface area contributed by atoms with Gasteiger partial charge in [0.15, 0.2) is 0 Å². The maximum atomic E-state index is 12.4. The zero-order chi connectivity index (χ0) is 18.2. The van der Waals surface area contributed by atoms with Gasteiger partial charge in [0, 0.05) is 18.3 Å². The number of anilines is 1. The quantitative estimate of drug-likeness (QED) is 0.865. The highest BCUT2D eigenvalue weighted by Gasteiger charge is 2.45. The fourth-order valence-electron chi connectivity index (χ4n) is 2.56. The van der Waals surface area contributed by atoms with E-state index in [1.807, 2.05) is 13.0 Å². The van der Waals surface area contributed by atoms with Crippen molar-refractivity contribution in [2.75, 3.05) is 12.0 Å². The molecule has 0 unspecified atom stereocenters. The predicted octanol–water partition coefficient (Wildman–Crippen LogP) is 3.03. The van der Waals surface area contributed by atoms with Crippen LogP contribution in [0.1, 0.15) is 19.4 Å². The van der Waals surface area contributed by atoms with E-state index in [9.17, 15) is 9.59 Å². The van der Waals surface area contributed by atoms with E-state index in [0.29, 0.717) is 17.2 Å².